The summed E-state index contributed by atoms with van der Waals surface area (Å²) >= 11 is 0. The highest BCUT2D eigenvalue weighted by atomic mass is 16.6. The van der Waals surface area contributed by atoms with Gasteiger partial charge in [-0.15, -0.1) is 0 Å². The number of hydrogen-bond donors (Lipinski definition) is 0. The van der Waals surface area contributed by atoms with Crippen molar-refractivity contribution in [1.29, 1.82) is 0 Å². The zero-order valence-electron chi connectivity index (χ0n) is 65.2. The van der Waals surface area contributed by atoms with Crippen molar-refractivity contribution in [3.8, 4) is 0 Å². The second-order valence-corrected chi connectivity index (χ2v) is 27.2. The summed E-state index contributed by atoms with van der Waals surface area (Å²) in [6.45, 7) is 12.2. The zero-order valence-corrected chi connectivity index (χ0v) is 65.2. The molecule has 0 amide bonds. The Morgan fingerprint density at radius 2 is 0.405 bits per heavy atom. The molecule has 0 spiro atoms. The van der Waals surface area contributed by atoms with Crippen LogP contribution < -0.4 is 19.6 Å². The minimum Gasteiger partial charge on any atom is -0.382 e. The average Bonchev–Trinajstić information content (AvgIpc) is 1.73. The summed E-state index contributed by atoms with van der Waals surface area (Å²) in [6.07, 6.45) is 4.68. The van der Waals surface area contributed by atoms with Gasteiger partial charge in [0, 0.05) is 102 Å². The maximum Gasteiger partial charge on any atom is 0.0989 e. The van der Waals surface area contributed by atoms with Crippen LogP contribution in [-0.4, -0.2) is 193 Å². The lowest BCUT2D eigenvalue weighted by Crippen LogP contribution is -2.33. The van der Waals surface area contributed by atoms with E-state index in [1.54, 1.807) is 28.4 Å². The third-order valence-corrected chi connectivity index (χ3v) is 19.9. The van der Waals surface area contributed by atoms with Gasteiger partial charge >= 0.3 is 0 Å². The monoisotopic (exact) mass is 1500 g/mol. The molecule has 11 rings (SSSR count). The Kier molecular flexibility index (Phi) is 35.1. The summed E-state index contributed by atoms with van der Waals surface area (Å²) in [6, 6.07) is 98.1. The molecule has 0 N–H and O–H groups in total. The van der Waals surface area contributed by atoms with Crippen LogP contribution in [0.25, 0.3) is 0 Å². The predicted molar refractivity (Wildman–Crippen MR) is 446 cm³/mol. The second-order valence-electron chi connectivity index (χ2n) is 27.2. The minimum absolute atomic E-state index is 0.254. The van der Waals surface area contributed by atoms with Crippen molar-refractivity contribution in [2.75, 3.05) is 213 Å². The van der Waals surface area contributed by atoms with Crippen molar-refractivity contribution < 1.29 is 56.8 Å². The molecule has 16 heteroatoms. The maximum absolute atomic E-state index is 6.47. The van der Waals surface area contributed by atoms with E-state index in [0.29, 0.717) is 165 Å². The normalized spacial score (nSPS) is 12.2. The summed E-state index contributed by atoms with van der Waals surface area (Å²) in [7, 11) is 6.75. The molecular formula is C95H112N4O12. The van der Waals surface area contributed by atoms with Crippen molar-refractivity contribution in [3.05, 3.63) is 346 Å². The summed E-state index contributed by atoms with van der Waals surface area (Å²) in [4.78, 5) is 9.97. The molecule has 0 aliphatic carbocycles. The van der Waals surface area contributed by atoms with Gasteiger partial charge in [-0.1, -0.05) is 243 Å². The van der Waals surface area contributed by atoms with Crippen LogP contribution in [0.1, 0.15) is 90.4 Å². The third-order valence-electron chi connectivity index (χ3n) is 19.9. The lowest BCUT2D eigenvalue weighted by Gasteiger charge is -2.37. The average molecular weight is 1500 g/mol. The van der Waals surface area contributed by atoms with Crippen molar-refractivity contribution in [2.45, 2.75) is 23.7 Å². The third kappa shape index (κ3) is 24.6. The maximum atomic E-state index is 6.47. The first-order valence-electron chi connectivity index (χ1n) is 39.1. The van der Waals surface area contributed by atoms with Gasteiger partial charge in [-0.25, -0.2) is 0 Å². The van der Waals surface area contributed by atoms with Crippen LogP contribution in [-0.2, 0) is 56.8 Å². The molecule has 0 unspecified atom stereocenters. The van der Waals surface area contributed by atoms with E-state index in [-0.39, 0.29) is 23.7 Å². The minimum atomic E-state index is -0.254. The molecule has 10 aromatic rings. The molecule has 0 atom stereocenters. The first-order chi connectivity index (χ1) is 55.1. The smallest absolute Gasteiger partial charge is 0.0989 e. The van der Waals surface area contributed by atoms with Crippen molar-refractivity contribution >= 4 is 22.7 Å². The number of ether oxygens (including phenoxy) is 12. The van der Waals surface area contributed by atoms with E-state index >= 15 is 0 Å². The number of methoxy groups -OCH3 is 4. The topological polar surface area (TPSA) is 124 Å². The van der Waals surface area contributed by atoms with E-state index in [1.807, 2.05) is 0 Å². The Morgan fingerprint density at radius 3 is 0.586 bits per heavy atom. The van der Waals surface area contributed by atoms with E-state index in [9.17, 15) is 0 Å². The van der Waals surface area contributed by atoms with Crippen molar-refractivity contribution in [3.63, 3.8) is 0 Å². The Bertz CT molecular complexity index is 3520. The van der Waals surface area contributed by atoms with Crippen molar-refractivity contribution in [2.24, 2.45) is 0 Å². The Morgan fingerprint density at radius 1 is 0.234 bits per heavy atom. The van der Waals surface area contributed by atoms with Crippen LogP contribution >= 0.6 is 0 Å². The fourth-order valence-corrected chi connectivity index (χ4v) is 14.6. The molecule has 0 saturated carbocycles. The highest BCUT2D eigenvalue weighted by molar-refractivity contribution is 5.80. The number of hydrogen-bond acceptors (Lipinski definition) is 16. The molecule has 10 aromatic carbocycles. The molecule has 0 aromatic heterocycles. The van der Waals surface area contributed by atoms with Gasteiger partial charge in [0.2, 0.25) is 0 Å². The molecule has 0 saturated heterocycles. The Labute approximate surface area is 658 Å². The second kappa shape index (κ2) is 47.1. The van der Waals surface area contributed by atoms with Gasteiger partial charge in [0.05, 0.1) is 150 Å². The predicted octanol–water partition coefficient (Wildman–Crippen LogP) is 16.5. The molecular weight excluding hydrogens is 1390 g/mol. The molecule has 1 aliphatic rings. The van der Waals surface area contributed by atoms with Gasteiger partial charge in [0.15, 0.2) is 0 Å². The van der Waals surface area contributed by atoms with Gasteiger partial charge in [-0.2, -0.15) is 0 Å². The zero-order chi connectivity index (χ0) is 76.5. The molecule has 1 aliphatic heterocycles. The standard InChI is InChI=1S/C95H112N4O12/c1-100-55-59-108-67-63-104-51-47-96(48-52-105-64-68-109-60-56-101-2)84-71-86(90(76-29-13-5-14-30-76)77-31-15-6-16-32-77)94(87(72-84)91(78-33-17-7-18-34-78)79-35-19-8-20-36-79)98-45-46-99(75-98)95-88(92(80-37-21-9-22-38-80)81-39-23-10-24-40-81)73-85(74-89(95)93(82-41-25-11-26-42-82)83-43-27-12-28-44-83)97(49-53-106-65-69-110-61-57-102-3)50-54-107-66-70-111-62-58-103-4/h5-46,71-74,90-93H,47-70,75H2,1-4H3. The van der Waals surface area contributed by atoms with Crippen LogP contribution in [0.5, 0.6) is 0 Å². The highest BCUT2D eigenvalue weighted by Crippen LogP contribution is 2.52. The molecule has 1 heterocycles. The van der Waals surface area contributed by atoms with Crippen LogP contribution in [0.4, 0.5) is 22.7 Å². The molecule has 0 fully saturated rings. The van der Waals surface area contributed by atoms with Gasteiger partial charge in [-0.3, -0.25) is 0 Å². The molecule has 584 valence electrons. The lowest BCUT2D eigenvalue weighted by atomic mass is 9.78. The molecule has 0 bridgehead atoms. The van der Waals surface area contributed by atoms with Gasteiger partial charge < -0.3 is 76.4 Å². The molecule has 0 radical (unpaired) electrons. The van der Waals surface area contributed by atoms with Crippen molar-refractivity contribution in [1.82, 2.24) is 0 Å². The summed E-state index contributed by atoms with van der Waals surface area (Å²) in [5, 5.41) is 0. The van der Waals surface area contributed by atoms with E-state index in [1.165, 1.54) is 0 Å². The molecule has 16 nitrogen and oxygen atoms in total. The van der Waals surface area contributed by atoms with Gasteiger partial charge in [0.25, 0.3) is 0 Å². The van der Waals surface area contributed by atoms with E-state index in [4.69, 9.17) is 56.8 Å². The fourth-order valence-electron chi connectivity index (χ4n) is 14.6. The van der Waals surface area contributed by atoms with E-state index < -0.39 is 0 Å². The van der Waals surface area contributed by atoms with Crippen LogP contribution in [0.3, 0.4) is 0 Å². The quantitative estimate of drug-likeness (QED) is 0.0265. The summed E-state index contributed by atoms with van der Waals surface area (Å²) in [5.41, 5.74) is 18.2. The van der Waals surface area contributed by atoms with Gasteiger partial charge in [0.1, 0.15) is 0 Å². The highest BCUT2D eigenvalue weighted by Gasteiger charge is 2.36. The number of rotatable bonds is 52. The molecule has 111 heavy (non-hydrogen) atoms. The fraction of sp³-hybridized carbons (Fsp3) is 0.347. The van der Waals surface area contributed by atoms with E-state index in [2.05, 4.69) is 299 Å². The lowest BCUT2D eigenvalue weighted by molar-refractivity contribution is 0.0235. The largest absolute Gasteiger partial charge is 0.382 e. The van der Waals surface area contributed by atoms with Crippen LogP contribution in [0.2, 0.25) is 0 Å². The number of nitrogens with zero attached hydrogens (tertiary/aromatic N) is 4. The Hall–Kier alpha value is -9.34. The first-order valence-corrected chi connectivity index (χ1v) is 39.1. The SMILES string of the molecule is COCCOCCOCCN(CCOCCOCCOC)c1cc(C(c2ccccc2)c2ccccc2)c(N2C=CN(c3c(C(c4ccccc4)c4ccccc4)cc(N(CCOCCOCCOC)CCOCCOCCOC)cc3C(c3ccccc3)c3ccccc3)C2)c(C(c2ccccc2)c2ccccc2)c1. The first kappa shape index (κ1) is 82.6. The Balaban J connectivity index is 1.15. The number of anilines is 4. The summed E-state index contributed by atoms with van der Waals surface area (Å²) < 4.78 is 70.6. The van der Waals surface area contributed by atoms with Gasteiger partial charge in [-0.05, 0) is 91.0 Å². The van der Waals surface area contributed by atoms with E-state index in [0.717, 1.165) is 89.5 Å². The van der Waals surface area contributed by atoms with Crippen LogP contribution in [0, 0.1) is 0 Å². The number of benzene rings is 10. The van der Waals surface area contributed by atoms with Crippen LogP contribution in [0.15, 0.2) is 279 Å². The summed E-state index contributed by atoms with van der Waals surface area (Å²) in [5.74, 6) is -1.02.